The summed E-state index contributed by atoms with van der Waals surface area (Å²) >= 11 is 0. The molecule has 148 valence electrons. The molecule has 1 N–H and O–H groups in total. The minimum absolute atomic E-state index is 0.0485. The van der Waals surface area contributed by atoms with Crippen LogP contribution in [-0.4, -0.2) is 45.1 Å². The SMILES string of the molecule is COc1ccc(C(=O)NCCN(C(C)=O)c2ccc(N3CCCC3)cc2)cc1. The van der Waals surface area contributed by atoms with Gasteiger partial charge in [0, 0.05) is 50.0 Å². The number of methoxy groups -OCH3 is 1. The van der Waals surface area contributed by atoms with Crippen molar-refractivity contribution in [2.45, 2.75) is 19.8 Å². The number of anilines is 2. The number of carbonyl (C=O) groups is 2. The Kier molecular flexibility index (Phi) is 6.53. The Balaban J connectivity index is 1.56. The van der Waals surface area contributed by atoms with Crippen LogP contribution in [0.2, 0.25) is 0 Å². The van der Waals surface area contributed by atoms with E-state index in [9.17, 15) is 9.59 Å². The molecular weight excluding hydrogens is 354 g/mol. The molecule has 3 rings (SSSR count). The highest BCUT2D eigenvalue weighted by molar-refractivity contribution is 5.95. The number of amides is 2. The smallest absolute Gasteiger partial charge is 0.251 e. The summed E-state index contributed by atoms with van der Waals surface area (Å²) in [5, 5.41) is 2.87. The summed E-state index contributed by atoms with van der Waals surface area (Å²) in [5.41, 5.74) is 2.59. The number of nitrogens with one attached hydrogen (secondary N) is 1. The van der Waals surface area contributed by atoms with Crippen LogP contribution < -0.4 is 19.9 Å². The Morgan fingerprint density at radius 1 is 1.04 bits per heavy atom. The second-order valence-corrected chi connectivity index (χ2v) is 6.87. The predicted molar refractivity (Wildman–Crippen MR) is 111 cm³/mol. The van der Waals surface area contributed by atoms with Gasteiger partial charge in [0.05, 0.1) is 7.11 Å². The van der Waals surface area contributed by atoms with Gasteiger partial charge in [-0.3, -0.25) is 9.59 Å². The molecule has 0 spiro atoms. The van der Waals surface area contributed by atoms with Gasteiger partial charge in [0.25, 0.3) is 5.91 Å². The maximum atomic E-state index is 12.3. The van der Waals surface area contributed by atoms with Crippen LogP contribution >= 0.6 is 0 Å². The van der Waals surface area contributed by atoms with Crippen molar-refractivity contribution in [1.82, 2.24) is 5.32 Å². The number of hydrogen-bond donors (Lipinski definition) is 1. The summed E-state index contributed by atoms with van der Waals surface area (Å²) in [6.45, 7) is 4.51. The quantitative estimate of drug-likeness (QED) is 0.801. The van der Waals surface area contributed by atoms with Crippen molar-refractivity contribution >= 4 is 23.2 Å². The fourth-order valence-electron chi connectivity index (χ4n) is 3.41. The molecule has 28 heavy (non-hydrogen) atoms. The molecule has 0 aromatic heterocycles. The van der Waals surface area contributed by atoms with E-state index in [0.29, 0.717) is 24.4 Å². The zero-order valence-corrected chi connectivity index (χ0v) is 16.5. The van der Waals surface area contributed by atoms with E-state index in [4.69, 9.17) is 4.74 Å². The average Bonchev–Trinajstić information content (AvgIpc) is 3.26. The summed E-state index contributed by atoms with van der Waals surface area (Å²) in [4.78, 5) is 28.4. The summed E-state index contributed by atoms with van der Waals surface area (Å²) in [7, 11) is 1.59. The van der Waals surface area contributed by atoms with Crippen molar-refractivity contribution in [3.8, 4) is 5.75 Å². The fourth-order valence-corrected chi connectivity index (χ4v) is 3.41. The van der Waals surface area contributed by atoms with Gasteiger partial charge in [-0.05, 0) is 61.4 Å². The molecule has 1 heterocycles. The van der Waals surface area contributed by atoms with E-state index in [2.05, 4.69) is 22.3 Å². The van der Waals surface area contributed by atoms with Crippen LogP contribution in [0.4, 0.5) is 11.4 Å². The Morgan fingerprint density at radius 2 is 1.68 bits per heavy atom. The number of rotatable bonds is 7. The number of nitrogens with zero attached hydrogens (tertiary/aromatic N) is 2. The van der Waals surface area contributed by atoms with Crippen LogP contribution in [0.5, 0.6) is 5.75 Å². The maximum Gasteiger partial charge on any atom is 0.251 e. The molecule has 1 aliphatic heterocycles. The Hall–Kier alpha value is -3.02. The van der Waals surface area contributed by atoms with Gasteiger partial charge in [0.2, 0.25) is 5.91 Å². The molecule has 6 heteroatoms. The minimum atomic E-state index is -0.171. The maximum absolute atomic E-state index is 12.3. The lowest BCUT2D eigenvalue weighted by molar-refractivity contribution is -0.116. The van der Waals surface area contributed by atoms with Crippen molar-refractivity contribution in [3.05, 3.63) is 54.1 Å². The Morgan fingerprint density at radius 3 is 2.25 bits per heavy atom. The minimum Gasteiger partial charge on any atom is -0.497 e. The van der Waals surface area contributed by atoms with Crippen molar-refractivity contribution in [2.75, 3.05) is 43.1 Å². The molecule has 1 saturated heterocycles. The topological polar surface area (TPSA) is 61.9 Å². The number of benzene rings is 2. The van der Waals surface area contributed by atoms with Crippen LogP contribution in [0.15, 0.2) is 48.5 Å². The van der Waals surface area contributed by atoms with E-state index in [0.717, 1.165) is 18.8 Å². The molecule has 2 amide bonds. The largest absolute Gasteiger partial charge is 0.497 e. The van der Waals surface area contributed by atoms with Crippen molar-refractivity contribution in [2.24, 2.45) is 0 Å². The highest BCUT2D eigenvalue weighted by Crippen LogP contribution is 2.24. The van der Waals surface area contributed by atoms with Crippen molar-refractivity contribution in [1.29, 1.82) is 0 Å². The van der Waals surface area contributed by atoms with Crippen LogP contribution in [0.3, 0.4) is 0 Å². The monoisotopic (exact) mass is 381 g/mol. The molecule has 0 atom stereocenters. The Bertz CT molecular complexity index is 797. The summed E-state index contributed by atoms with van der Waals surface area (Å²) in [5.74, 6) is 0.486. The Labute approximate surface area is 166 Å². The van der Waals surface area contributed by atoms with Crippen LogP contribution in [0.1, 0.15) is 30.1 Å². The fraction of sp³-hybridized carbons (Fsp3) is 0.364. The molecule has 0 unspecified atom stereocenters. The third-order valence-corrected chi connectivity index (χ3v) is 4.99. The van der Waals surface area contributed by atoms with Gasteiger partial charge in [-0.25, -0.2) is 0 Å². The molecule has 0 saturated carbocycles. The molecule has 6 nitrogen and oxygen atoms in total. The molecular formula is C22H27N3O3. The molecule has 0 bridgehead atoms. The summed E-state index contributed by atoms with van der Waals surface area (Å²) < 4.78 is 5.10. The van der Waals surface area contributed by atoms with E-state index in [1.54, 1.807) is 43.2 Å². The van der Waals surface area contributed by atoms with Gasteiger partial charge in [-0.2, -0.15) is 0 Å². The standard InChI is InChI=1S/C22H27N3O3/c1-17(26)25(20-9-7-19(8-10-20)24-14-3-4-15-24)16-13-23-22(27)18-5-11-21(28-2)12-6-18/h5-12H,3-4,13-16H2,1-2H3,(H,23,27). The van der Waals surface area contributed by atoms with E-state index in [-0.39, 0.29) is 11.8 Å². The molecule has 1 aliphatic rings. The zero-order chi connectivity index (χ0) is 19.9. The van der Waals surface area contributed by atoms with E-state index in [1.165, 1.54) is 18.5 Å². The normalized spacial score (nSPS) is 13.3. The van der Waals surface area contributed by atoms with Gasteiger partial charge in [-0.1, -0.05) is 0 Å². The van der Waals surface area contributed by atoms with E-state index >= 15 is 0 Å². The van der Waals surface area contributed by atoms with Crippen molar-refractivity contribution in [3.63, 3.8) is 0 Å². The second kappa shape index (κ2) is 9.26. The molecule has 0 radical (unpaired) electrons. The number of carbonyl (C=O) groups excluding carboxylic acids is 2. The van der Waals surface area contributed by atoms with E-state index < -0.39 is 0 Å². The van der Waals surface area contributed by atoms with Gasteiger partial charge in [0.15, 0.2) is 0 Å². The third-order valence-electron chi connectivity index (χ3n) is 4.99. The van der Waals surface area contributed by atoms with Crippen LogP contribution in [-0.2, 0) is 4.79 Å². The van der Waals surface area contributed by atoms with Gasteiger partial charge >= 0.3 is 0 Å². The first-order valence-electron chi connectivity index (χ1n) is 9.64. The molecule has 2 aromatic rings. The van der Waals surface area contributed by atoms with Crippen LogP contribution in [0, 0.1) is 0 Å². The van der Waals surface area contributed by atoms with E-state index in [1.807, 2.05) is 12.1 Å². The summed E-state index contributed by atoms with van der Waals surface area (Å²) in [6, 6.07) is 15.0. The predicted octanol–water partition coefficient (Wildman–Crippen LogP) is 3.08. The lowest BCUT2D eigenvalue weighted by atomic mass is 10.2. The van der Waals surface area contributed by atoms with Gasteiger partial charge in [0.1, 0.15) is 5.75 Å². The number of hydrogen-bond acceptors (Lipinski definition) is 4. The first-order valence-corrected chi connectivity index (χ1v) is 9.64. The lowest BCUT2D eigenvalue weighted by Gasteiger charge is -2.23. The molecule has 2 aromatic carbocycles. The second-order valence-electron chi connectivity index (χ2n) is 6.87. The summed E-state index contributed by atoms with van der Waals surface area (Å²) in [6.07, 6.45) is 2.46. The average molecular weight is 381 g/mol. The highest BCUT2D eigenvalue weighted by atomic mass is 16.5. The third kappa shape index (κ3) is 4.82. The first-order chi connectivity index (χ1) is 13.6. The first kappa shape index (κ1) is 19.7. The van der Waals surface area contributed by atoms with Crippen LogP contribution in [0.25, 0.3) is 0 Å². The molecule has 0 aliphatic carbocycles. The highest BCUT2D eigenvalue weighted by Gasteiger charge is 2.15. The number of ether oxygens (including phenoxy) is 1. The zero-order valence-electron chi connectivity index (χ0n) is 16.5. The van der Waals surface area contributed by atoms with Crippen molar-refractivity contribution < 1.29 is 14.3 Å². The lowest BCUT2D eigenvalue weighted by Crippen LogP contribution is -2.37. The van der Waals surface area contributed by atoms with Gasteiger partial charge < -0.3 is 19.9 Å². The van der Waals surface area contributed by atoms with Gasteiger partial charge in [-0.15, -0.1) is 0 Å². The molecule has 1 fully saturated rings.